The molecule has 1 heterocycles. The summed E-state index contributed by atoms with van der Waals surface area (Å²) >= 11 is 5.59. The molecule has 0 aliphatic carbocycles. The topological polar surface area (TPSA) is 29.0 Å². The van der Waals surface area contributed by atoms with Crippen LogP contribution in [-0.2, 0) is 6.18 Å². The molecule has 18 heavy (non-hydrogen) atoms. The minimum Gasteiger partial charge on any atom is -0.338 e. The Bertz CT molecular complexity index is 382. The fraction of sp³-hybridized carbons (Fsp3) is 0.636. The Morgan fingerprint density at radius 2 is 2.06 bits per heavy atom. The average molecular weight is 282 g/mol. The van der Waals surface area contributed by atoms with Gasteiger partial charge in [0, 0.05) is 24.7 Å². The summed E-state index contributed by atoms with van der Waals surface area (Å²) in [4.78, 5) is 9.17. The number of hydrogen-bond donors (Lipinski definition) is 0. The molecule has 1 aromatic heterocycles. The van der Waals surface area contributed by atoms with Crippen molar-refractivity contribution in [1.82, 2.24) is 9.97 Å². The Labute approximate surface area is 109 Å². The van der Waals surface area contributed by atoms with Crippen LogP contribution in [0.5, 0.6) is 0 Å². The Morgan fingerprint density at radius 1 is 1.39 bits per heavy atom. The zero-order chi connectivity index (χ0) is 13.8. The van der Waals surface area contributed by atoms with E-state index in [1.54, 1.807) is 4.90 Å². The molecule has 0 saturated heterocycles. The van der Waals surface area contributed by atoms with Gasteiger partial charge in [0.2, 0.25) is 5.95 Å². The quantitative estimate of drug-likeness (QED) is 0.775. The fourth-order valence-electron chi connectivity index (χ4n) is 1.46. The van der Waals surface area contributed by atoms with Gasteiger partial charge in [-0.2, -0.15) is 13.2 Å². The van der Waals surface area contributed by atoms with Crippen LogP contribution in [0.1, 0.15) is 26.0 Å². The molecule has 1 aromatic rings. The lowest BCUT2D eigenvalue weighted by Gasteiger charge is -2.26. The smallest absolute Gasteiger partial charge is 0.338 e. The van der Waals surface area contributed by atoms with Gasteiger partial charge >= 0.3 is 6.18 Å². The highest BCUT2D eigenvalue weighted by Crippen LogP contribution is 2.28. The van der Waals surface area contributed by atoms with Crippen LogP contribution in [0.3, 0.4) is 0 Å². The molecule has 0 aliphatic heterocycles. The SMILES string of the molecule is CC(C)N(CCCCl)c1nccc(C(F)(F)F)n1. The van der Waals surface area contributed by atoms with Crippen LogP contribution in [0, 0.1) is 0 Å². The lowest BCUT2D eigenvalue weighted by molar-refractivity contribution is -0.141. The molecule has 0 atom stereocenters. The van der Waals surface area contributed by atoms with Crippen molar-refractivity contribution in [3.8, 4) is 0 Å². The van der Waals surface area contributed by atoms with E-state index in [0.717, 1.165) is 12.3 Å². The van der Waals surface area contributed by atoms with E-state index in [1.165, 1.54) is 0 Å². The van der Waals surface area contributed by atoms with E-state index in [-0.39, 0.29) is 12.0 Å². The van der Waals surface area contributed by atoms with E-state index in [9.17, 15) is 13.2 Å². The van der Waals surface area contributed by atoms with Crippen molar-refractivity contribution in [3.63, 3.8) is 0 Å². The van der Waals surface area contributed by atoms with Crippen molar-refractivity contribution in [2.45, 2.75) is 32.5 Å². The van der Waals surface area contributed by atoms with Gasteiger partial charge in [0.15, 0.2) is 0 Å². The van der Waals surface area contributed by atoms with Gasteiger partial charge in [-0.05, 0) is 26.3 Å². The molecule has 0 fully saturated rings. The van der Waals surface area contributed by atoms with E-state index in [2.05, 4.69) is 9.97 Å². The number of anilines is 1. The molecule has 0 bridgehead atoms. The summed E-state index contributed by atoms with van der Waals surface area (Å²) in [6.07, 6.45) is -2.66. The number of aromatic nitrogens is 2. The molecule has 102 valence electrons. The third-order valence-electron chi connectivity index (χ3n) is 2.35. The van der Waals surface area contributed by atoms with Gasteiger partial charge in [0.05, 0.1) is 0 Å². The third-order valence-corrected chi connectivity index (χ3v) is 2.61. The number of nitrogens with zero attached hydrogens (tertiary/aromatic N) is 3. The summed E-state index contributed by atoms with van der Waals surface area (Å²) in [5.74, 6) is 0.535. The monoisotopic (exact) mass is 281 g/mol. The molecule has 0 N–H and O–H groups in total. The van der Waals surface area contributed by atoms with Gasteiger partial charge in [-0.25, -0.2) is 9.97 Å². The highest BCUT2D eigenvalue weighted by atomic mass is 35.5. The second-order valence-electron chi connectivity index (χ2n) is 4.07. The van der Waals surface area contributed by atoms with Gasteiger partial charge in [-0.15, -0.1) is 11.6 Å². The summed E-state index contributed by atoms with van der Waals surface area (Å²) in [6, 6.07) is 0.875. The molecule has 3 nitrogen and oxygen atoms in total. The molecule has 1 rings (SSSR count). The summed E-state index contributed by atoms with van der Waals surface area (Å²) in [6.45, 7) is 4.28. The summed E-state index contributed by atoms with van der Waals surface area (Å²) < 4.78 is 37.7. The standard InChI is InChI=1S/C11H15ClF3N3/c1-8(2)18(7-3-5-12)10-16-6-4-9(17-10)11(13,14)15/h4,6,8H,3,5,7H2,1-2H3. The van der Waals surface area contributed by atoms with Crippen molar-refractivity contribution in [3.05, 3.63) is 18.0 Å². The van der Waals surface area contributed by atoms with Crippen molar-refractivity contribution in [2.24, 2.45) is 0 Å². The number of halogens is 4. The Hall–Kier alpha value is -1.04. The van der Waals surface area contributed by atoms with Gasteiger partial charge in [0.25, 0.3) is 0 Å². The maximum Gasteiger partial charge on any atom is 0.433 e. The van der Waals surface area contributed by atoms with Crippen LogP contribution in [0.25, 0.3) is 0 Å². The Morgan fingerprint density at radius 3 is 2.56 bits per heavy atom. The maximum absolute atomic E-state index is 12.6. The highest BCUT2D eigenvalue weighted by molar-refractivity contribution is 6.17. The molecule has 7 heteroatoms. The minimum absolute atomic E-state index is 0.0108. The normalized spacial score (nSPS) is 11.9. The molecule has 0 unspecified atom stereocenters. The first kappa shape index (κ1) is 15.0. The van der Waals surface area contributed by atoms with Crippen LogP contribution >= 0.6 is 11.6 Å². The summed E-state index contributed by atoms with van der Waals surface area (Å²) in [5.41, 5.74) is -0.927. The zero-order valence-corrected chi connectivity index (χ0v) is 11.0. The van der Waals surface area contributed by atoms with Gasteiger partial charge in [0.1, 0.15) is 5.69 Å². The van der Waals surface area contributed by atoms with Crippen LogP contribution < -0.4 is 4.90 Å². The summed E-state index contributed by atoms with van der Waals surface area (Å²) in [5, 5.41) is 0. The van der Waals surface area contributed by atoms with Crippen molar-refractivity contribution in [1.29, 1.82) is 0 Å². The van der Waals surface area contributed by atoms with Crippen molar-refractivity contribution in [2.75, 3.05) is 17.3 Å². The third kappa shape index (κ3) is 4.01. The van der Waals surface area contributed by atoms with E-state index < -0.39 is 11.9 Å². The minimum atomic E-state index is -4.45. The zero-order valence-electron chi connectivity index (χ0n) is 10.2. The van der Waals surface area contributed by atoms with Crippen LogP contribution in [0.4, 0.5) is 19.1 Å². The Kier molecular flexibility index (Phi) is 5.19. The van der Waals surface area contributed by atoms with E-state index in [1.807, 2.05) is 13.8 Å². The van der Waals surface area contributed by atoms with Gasteiger partial charge < -0.3 is 4.90 Å². The molecular weight excluding hydrogens is 267 g/mol. The predicted octanol–water partition coefficient (Wildman–Crippen LogP) is 3.34. The number of hydrogen-bond acceptors (Lipinski definition) is 3. The second kappa shape index (κ2) is 6.22. The molecular formula is C11H15ClF3N3. The first-order valence-electron chi connectivity index (χ1n) is 5.59. The van der Waals surface area contributed by atoms with E-state index in [0.29, 0.717) is 18.8 Å². The lowest BCUT2D eigenvalue weighted by Crippen LogP contribution is -2.34. The van der Waals surface area contributed by atoms with Gasteiger partial charge in [-0.1, -0.05) is 0 Å². The largest absolute Gasteiger partial charge is 0.433 e. The maximum atomic E-state index is 12.6. The molecule has 0 amide bonds. The van der Waals surface area contributed by atoms with Crippen molar-refractivity contribution < 1.29 is 13.2 Å². The molecule has 0 radical (unpaired) electrons. The number of alkyl halides is 4. The average Bonchev–Trinajstić information content (AvgIpc) is 2.28. The van der Waals surface area contributed by atoms with Crippen molar-refractivity contribution >= 4 is 17.5 Å². The molecule has 0 aliphatic rings. The van der Waals surface area contributed by atoms with Crippen LogP contribution in [0.15, 0.2) is 12.3 Å². The molecule has 0 aromatic carbocycles. The van der Waals surface area contributed by atoms with E-state index in [4.69, 9.17) is 11.6 Å². The first-order chi connectivity index (χ1) is 8.36. The molecule has 0 saturated carbocycles. The van der Waals surface area contributed by atoms with E-state index >= 15 is 0 Å². The van der Waals surface area contributed by atoms with Gasteiger partial charge in [-0.3, -0.25) is 0 Å². The fourth-order valence-corrected chi connectivity index (χ4v) is 1.58. The highest BCUT2D eigenvalue weighted by Gasteiger charge is 2.33. The predicted molar refractivity (Wildman–Crippen MR) is 64.9 cm³/mol. The second-order valence-corrected chi connectivity index (χ2v) is 4.45. The summed E-state index contributed by atoms with van der Waals surface area (Å²) in [7, 11) is 0. The number of rotatable bonds is 5. The van der Waals surface area contributed by atoms with Crippen LogP contribution in [-0.4, -0.2) is 28.4 Å². The van der Waals surface area contributed by atoms with Crippen LogP contribution in [0.2, 0.25) is 0 Å². The molecule has 0 spiro atoms. The lowest BCUT2D eigenvalue weighted by atomic mass is 10.3. The Balaban J connectivity index is 2.98. The first-order valence-corrected chi connectivity index (χ1v) is 6.12.